The molecule has 0 atom stereocenters. The number of nitro groups is 1. The Hall–Kier alpha value is -3.65. The van der Waals surface area contributed by atoms with Gasteiger partial charge in [0, 0.05) is 18.6 Å². The maximum Gasteiger partial charge on any atom is 0.271 e. The van der Waals surface area contributed by atoms with Crippen LogP contribution in [0.5, 0.6) is 11.5 Å². The molecular weight excluding hydrogens is 402 g/mol. The van der Waals surface area contributed by atoms with Gasteiger partial charge in [-0.1, -0.05) is 42.1 Å². The number of nitrogens with one attached hydrogen (secondary N) is 1. The molecule has 0 amide bonds. The summed E-state index contributed by atoms with van der Waals surface area (Å²) in [6, 6.07) is 21.4. The molecule has 8 heteroatoms. The predicted molar refractivity (Wildman–Crippen MR) is 115 cm³/mol. The highest BCUT2D eigenvalue weighted by Gasteiger charge is 2.11. The topological polar surface area (TPSA) is 98.1 Å². The summed E-state index contributed by atoms with van der Waals surface area (Å²) >= 11 is 1.28. The Balaban J connectivity index is 1.32. The van der Waals surface area contributed by atoms with E-state index in [9.17, 15) is 14.9 Å². The number of ether oxygens (including phenoxy) is 1. The molecule has 0 bridgehead atoms. The van der Waals surface area contributed by atoms with Crippen molar-refractivity contribution in [3.8, 4) is 11.5 Å². The van der Waals surface area contributed by atoms with E-state index in [1.165, 1.54) is 23.9 Å². The lowest BCUT2D eigenvalue weighted by atomic mass is 10.1. The van der Waals surface area contributed by atoms with E-state index < -0.39 is 4.92 Å². The zero-order valence-electron chi connectivity index (χ0n) is 15.8. The van der Waals surface area contributed by atoms with E-state index in [0.717, 1.165) is 11.3 Å². The first-order valence-electron chi connectivity index (χ1n) is 9.17. The van der Waals surface area contributed by atoms with Crippen LogP contribution in [0, 0.1) is 10.1 Å². The number of carbonyl (C=O) groups excluding carboxylic acids is 1. The van der Waals surface area contributed by atoms with E-state index in [1.807, 2.05) is 54.6 Å². The van der Waals surface area contributed by atoms with Crippen LogP contribution in [0.4, 0.5) is 5.69 Å². The molecule has 0 spiro atoms. The van der Waals surface area contributed by atoms with Gasteiger partial charge in [0.2, 0.25) is 0 Å². The van der Waals surface area contributed by atoms with Crippen molar-refractivity contribution in [2.24, 2.45) is 0 Å². The Morgan fingerprint density at radius 1 is 1.03 bits per heavy atom. The number of hydrogen-bond acceptors (Lipinski definition) is 6. The average molecular weight is 419 g/mol. The highest BCUT2D eigenvalue weighted by atomic mass is 32.2. The molecule has 0 radical (unpaired) electrons. The number of aromatic amines is 1. The molecule has 0 unspecified atom stereocenters. The monoisotopic (exact) mass is 419 g/mol. The largest absolute Gasteiger partial charge is 0.457 e. The number of para-hydroxylation sites is 1. The van der Waals surface area contributed by atoms with Crippen LogP contribution in [0.2, 0.25) is 0 Å². The zero-order chi connectivity index (χ0) is 20.9. The molecule has 4 aromatic rings. The van der Waals surface area contributed by atoms with Crippen molar-refractivity contribution in [2.75, 3.05) is 5.75 Å². The number of thioether (sulfide) groups is 1. The van der Waals surface area contributed by atoms with Gasteiger partial charge in [0.25, 0.3) is 5.69 Å². The molecule has 0 fully saturated rings. The molecule has 0 aliphatic heterocycles. The van der Waals surface area contributed by atoms with Gasteiger partial charge in [-0.05, 0) is 35.9 Å². The third-order valence-electron chi connectivity index (χ3n) is 4.33. The van der Waals surface area contributed by atoms with Gasteiger partial charge >= 0.3 is 0 Å². The van der Waals surface area contributed by atoms with Gasteiger partial charge < -0.3 is 9.72 Å². The summed E-state index contributed by atoms with van der Waals surface area (Å²) in [6.07, 6.45) is 0.310. The molecule has 1 heterocycles. The fraction of sp³-hybridized carbons (Fsp3) is 0.0909. The van der Waals surface area contributed by atoms with E-state index >= 15 is 0 Å². The molecule has 7 nitrogen and oxygen atoms in total. The van der Waals surface area contributed by atoms with E-state index in [0.29, 0.717) is 28.4 Å². The molecule has 0 aliphatic rings. The Morgan fingerprint density at radius 3 is 2.50 bits per heavy atom. The van der Waals surface area contributed by atoms with Crippen LogP contribution in [0.1, 0.15) is 5.56 Å². The van der Waals surface area contributed by atoms with Crippen molar-refractivity contribution in [1.82, 2.24) is 9.97 Å². The number of Topliss-reactive ketones (excluding diaryl/α,β-unsaturated/α-hetero) is 1. The molecule has 1 N–H and O–H groups in total. The van der Waals surface area contributed by atoms with Crippen molar-refractivity contribution in [1.29, 1.82) is 0 Å². The van der Waals surface area contributed by atoms with Gasteiger partial charge in [-0.3, -0.25) is 14.9 Å². The normalized spacial score (nSPS) is 10.8. The summed E-state index contributed by atoms with van der Waals surface area (Å²) in [7, 11) is 0. The highest BCUT2D eigenvalue weighted by Crippen LogP contribution is 2.24. The number of H-pyrrole nitrogens is 1. The summed E-state index contributed by atoms with van der Waals surface area (Å²) < 4.78 is 5.75. The fourth-order valence-electron chi connectivity index (χ4n) is 2.88. The first-order valence-corrected chi connectivity index (χ1v) is 10.2. The Bertz CT molecular complexity index is 1190. The SMILES string of the molecule is O=C(CSc1nc2ccc([N+](=O)[O-])cc2[nH]1)Cc1ccc(Oc2ccccc2)cc1. The minimum atomic E-state index is -0.452. The predicted octanol–water partition coefficient (Wildman–Crippen LogP) is 5.17. The standard InChI is InChI=1S/C22H17N3O4S/c26-17(12-15-6-9-19(10-7-15)29-18-4-2-1-3-5-18)14-30-22-23-20-11-8-16(25(27)28)13-21(20)24-22/h1-11,13H,12,14H2,(H,23,24). The summed E-state index contributed by atoms with van der Waals surface area (Å²) in [5.41, 5.74) is 2.11. The second-order valence-corrected chi connectivity index (χ2v) is 7.53. The quantitative estimate of drug-likeness (QED) is 0.240. The lowest BCUT2D eigenvalue weighted by molar-refractivity contribution is -0.384. The van der Waals surface area contributed by atoms with Crippen molar-refractivity contribution >= 4 is 34.3 Å². The van der Waals surface area contributed by atoms with Crippen LogP contribution >= 0.6 is 11.8 Å². The second-order valence-electron chi connectivity index (χ2n) is 6.56. The number of fused-ring (bicyclic) bond motifs is 1. The van der Waals surface area contributed by atoms with Crippen LogP contribution < -0.4 is 4.74 Å². The average Bonchev–Trinajstić information content (AvgIpc) is 3.16. The van der Waals surface area contributed by atoms with Crippen LogP contribution in [0.25, 0.3) is 11.0 Å². The number of imidazole rings is 1. The third-order valence-corrected chi connectivity index (χ3v) is 5.26. The maximum absolute atomic E-state index is 12.3. The third kappa shape index (κ3) is 4.84. The van der Waals surface area contributed by atoms with Gasteiger partial charge in [0.05, 0.1) is 21.7 Å². The van der Waals surface area contributed by atoms with E-state index in [1.54, 1.807) is 6.07 Å². The zero-order valence-corrected chi connectivity index (χ0v) is 16.6. The van der Waals surface area contributed by atoms with Crippen molar-refractivity contribution in [2.45, 2.75) is 11.6 Å². The van der Waals surface area contributed by atoms with Gasteiger partial charge in [0.1, 0.15) is 17.3 Å². The van der Waals surface area contributed by atoms with E-state index in [-0.39, 0.29) is 17.2 Å². The van der Waals surface area contributed by atoms with Gasteiger partial charge in [0.15, 0.2) is 5.16 Å². The number of nitro benzene ring substituents is 1. The van der Waals surface area contributed by atoms with Crippen LogP contribution in [0.15, 0.2) is 78.0 Å². The molecule has 30 heavy (non-hydrogen) atoms. The van der Waals surface area contributed by atoms with Crippen molar-refractivity contribution in [3.05, 3.63) is 88.5 Å². The summed E-state index contributed by atoms with van der Waals surface area (Å²) in [6.45, 7) is 0. The molecule has 150 valence electrons. The molecular formula is C22H17N3O4S. The molecule has 3 aromatic carbocycles. The number of nitrogens with zero attached hydrogens (tertiary/aromatic N) is 2. The Labute approximate surface area is 176 Å². The lowest BCUT2D eigenvalue weighted by Gasteiger charge is -2.06. The van der Waals surface area contributed by atoms with Gasteiger partial charge in [-0.25, -0.2) is 4.98 Å². The van der Waals surface area contributed by atoms with Crippen LogP contribution in [-0.4, -0.2) is 26.4 Å². The molecule has 1 aromatic heterocycles. The Morgan fingerprint density at radius 2 is 1.77 bits per heavy atom. The molecule has 0 saturated carbocycles. The maximum atomic E-state index is 12.3. The first-order chi connectivity index (χ1) is 14.6. The van der Waals surface area contributed by atoms with Gasteiger partial charge in [-0.2, -0.15) is 0 Å². The summed E-state index contributed by atoms with van der Waals surface area (Å²) in [5, 5.41) is 11.4. The number of non-ortho nitro benzene ring substituents is 1. The second kappa shape index (κ2) is 8.79. The Kier molecular flexibility index (Phi) is 5.76. The summed E-state index contributed by atoms with van der Waals surface area (Å²) in [5.74, 6) is 1.78. The fourth-order valence-corrected chi connectivity index (χ4v) is 3.63. The van der Waals surface area contributed by atoms with Crippen molar-refractivity contribution in [3.63, 3.8) is 0 Å². The smallest absolute Gasteiger partial charge is 0.271 e. The number of hydrogen-bond donors (Lipinski definition) is 1. The number of rotatable bonds is 8. The lowest BCUT2D eigenvalue weighted by Crippen LogP contribution is -2.05. The number of ketones is 1. The molecule has 4 rings (SSSR count). The van der Waals surface area contributed by atoms with Crippen LogP contribution in [-0.2, 0) is 11.2 Å². The van der Waals surface area contributed by atoms with Crippen LogP contribution in [0.3, 0.4) is 0 Å². The molecule has 0 aliphatic carbocycles. The first kappa shape index (κ1) is 19.7. The number of benzene rings is 3. The minimum absolute atomic E-state index is 0.00142. The highest BCUT2D eigenvalue weighted by molar-refractivity contribution is 7.99. The van der Waals surface area contributed by atoms with Crippen molar-refractivity contribution < 1.29 is 14.5 Å². The molecule has 0 saturated heterocycles. The van der Waals surface area contributed by atoms with E-state index in [4.69, 9.17) is 4.74 Å². The number of aromatic nitrogens is 2. The number of carbonyl (C=O) groups is 1. The van der Waals surface area contributed by atoms with Gasteiger partial charge in [-0.15, -0.1) is 0 Å². The minimum Gasteiger partial charge on any atom is -0.457 e. The van der Waals surface area contributed by atoms with E-state index in [2.05, 4.69) is 9.97 Å². The summed E-state index contributed by atoms with van der Waals surface area (Å²) in [4.78, 5) is 30.1.